The highest BCUT2D eigenvalue weighted by atomic mass is 15.3. The SMILES string of the molecule is C/C(=C\C(=C/N)C1=NC(c2ccc3c(c2)CCC=C3)NC(C2C=CC=CC2)N1)n1c2ccccc2c2cc3c4ccccc4n(-c4ccccc4)c3cc21. The van der Waals surface area contributed by atoms with Gasteiger partial charge in [0.25, 0.3) is 0 Å². The standard InChI is InChI=1S/C48H42N6/c1-31(26-36(30-49)48-51-46(33-15-4-2-5-16-33)50-47(52-48)35-25-24-32-14-8-9-17-34(32)27-35)53-42-22-12-10-20-38(42)40-28-41-39-21-11-13-23-43(39)54(45(41)29-44(40)53)37-18-6-3-7-19-37/h2-8,10-15,18-30,33,46-47,50H,9,16-17,49H2,1H3,(H,51,52)/b31-26+,36-30+. The molecule has 4 N–H and O–H groups in total. The van der Waals surface area contributed by atoms with E-state index in [1.165, 1.54) is 49.3 Å². The zero-order valence-corrected chi connectivity index (χ0v) is 30.3. The van der Waals surface area contributed by atoms with Gasteiger partial charge in [0.15, 0.2) is 0 Å². The summed E-state index contributed by atoms with van der Waals surface area (Å²) in [5.41, 5.74) is 18.1. The molecule has 0 radical (unpaired) electrons. The van der Waals surface area contributed by atoms with Gasteiger partial charge in [-0.25, -0.2) is 4.99 Å². The molecule has 6 heteroatoms. The summed E-state index contributed by atoms with van der Waals surface area (Å²) in [5, 5.41) is 12.5. The molecular weight excluding hydrogens is 661 g/mol. The van der Waals surface area contributed by atoms with Crippen molar-refractivity contribution in [3.8, 4) is 5.69 Å². The fourth-order valence-electron chi connectivity index (χ4n) is 8.74. The van der Waals surface area contributed by atoms with Gasteiger partial charge in [-0.15, -0.1) is 0 Å². The summed E-state index contributed by atoms with van der Waals surface area (Å²) in [5.74, 6) is 1.06. The van der Waals surface area contributed by atoms with E-state index >= 15 is 0 Å². The molecule has 0 spiro atoms. The summed E-state index contributed by atoms with van der Waals surface area (Å²) < 4.78 is 4.76. The van der Waals surface area contributed by atoms with Gasteiger partial charge in [-0.1, -0.05) is 109 Å². The molecule has 5 aromatic carbocycles. The topological polar surface area (TPSA) is 72.3 Å². The van der Waals surface area contributed by atoms with E-state index in [2.05, 4.69) is 178 Å². The number of fused-ring (bicyclic) bond motifs is 7. The van der Waals surface area contributed by atoms with Gasteiger partial charge in [-0.05, 0) is 85.4 Å². The predicted molar refractivity (Wildman–Crippen MR) is 226 cm³/mol. The number of allylic oxidation sites excluding steroid dienone is 5. The zero-order valence-electron chi connectivity index (χ0n) is 30.3. The summed E-state index contributed by atoms with van der Waals surface area (Å²) in [7, 11) is 0. The molecule has 3 atom stereocenters. The van der Waals surface area contributed by atoms with Crippen molar-refractivity contribution in [3.05, 3.63) is 174 Å². The number of aromatic nitrogens is 2. The van der Waals surface area contributed by atoms with E-state index in [-0.39, 0.29) is 18.2 Å². The Morgan fingerprint density at radius 3 is 2.37 bits per heavy atom. The van der Waals surface area contributed by atoms with Gasteiger partial charge in [0, 0.05) is 50.6 Å². The second kappa shape index (κ2) is 13.2. The lowest BCUT2D eigenvalue weighted by Crippen LogP contribution is -2.54. The van der Waals surface area contributed by atoms with Crippen LogP contribution in [0.5, 0.6) is 0 Å². The number of hydrogen-bond donors (Lipinski definition) is 3. The van der Waals surface area contributed by atoms with Gasteiger partial charge >= 0.3 is 0 Å². The lowest BCUT2D eigenvalue weighted by atomic mass is 9.93. The van der Waals surface area contributed by atoms with Gasteiger partial charge in [0.05, 0.1) is 28.2 Å². The molecule has 264 valence electrons. The molecule has 2 aliphatic carbocycles. The predicted octanol–water partition coefficient (Wildman–Crippen LogP) is 10.3. The first-order valence-corrected chi connectivity index (χ1v) is 19.0. The van der Waals surface area contributed by atoms with Crippen LogP contribution in [-0.2, 0) is 6.42 Å². The number of hydrogen-bond acceptors (Lipinski definition) is 4. The summed E-state index contributed by atoms with van der Waals surface area (Å²) >= 11 is 0. The van der Waals surface area contributed by atoms with Crippen molar-refractivity contribution in [2.45, 2.75) is 38.5 Å². The smallest absolute Gasteiger partial charge is 0.133 e. The van der Waals surface area contributed by atoms with E-state index in [9.17, 15) is 0 Å². The van der Waals surface area contributed by atoms with Crippen LogP contribution in [0.4, 0.5) is 0 Å². The highest BCUT2D eigenvalue weighted by Gasteiger charge is 2.30. The Morgan fingerprint density at radius 2 is 1.56 bits per heavy atom. The second-order valence-corrected chi connectivity index (χ2v) is 14.6. The van der Waals surface area contributed by atoms with E-state index in [0.29, 0.717) is 0 Å². The molecule has 3 heterocycles. The molecule has 0 amide bonds. The molecule has 3 aliphatic rings. The molecule has 10 rings (SSSR count). The molecular formula is C48H42N6. The highest BCUT2D eigenvalue weighted by molar-refractivity contribution is 6.19. The summed E-state index contributed by atoms with van der Waals surface area (Å²) in [6.45, 7) is 2.18. The maximum absolute atomic E-state index is 6.54. The molecule has 0 saturated heterocycles. The lowest BCUT2D eigenvalue weighted by Gasteiger charge is -2.36. The van der Waals surface area contributed by atoms with E-state index < -0.39 is 0 Å². The third-order valence-corrected chi connectivity index (χ3v) is 11.3. The molecule has 0 bridgehead atoms. The first-order valence-electron chi connectivity index (χ1n) is 19.0. The minimum Gasteiger partial charge on any atom is -0.404 e. The number of para-hydroxylation sites is 3. The number of nitrogens with one attached hydrogen (secondary N) is 2. The van der Waals surface area contributed by atoms with Crippen LogP contribution in [0.25, 0.3) is 61.1 Å². The Bertz CT molecular complexity index is 2790. The first kappa shape index (κ1) is 32.3. The van der Waals surface area contributed by atoms with Crippen LogP contribution in [0.3, 0.4) is 0 Å². The number of benzene rings is 5. The number of amidine groups is 1. The van der Waals surface area contributed by atoms with Gasteiger partial charge in [-0.3, -0.25) is 5.32 Å². The second-order valence-electron chi connectivity index (χ2n) is 14.6. The van der Waals surface area contributed by atoms with Crippen LogP contribution >= 0.6 is 0 Å². The molecule has 6 nitrogen and oxygen atoms in total. The molecule has 0 saturated carbocycles. The number of rotatable bonds is 6. The first-order chi connectivity index (χ1) is 26.6. The van der Waals surface area contributed by atoms with E-state index in [4.69, 9.17) is 10.7 Å². The van der Waals surface area contributed by atoms with Crippen molar-refractivity contribution in [2.75, 3.05) is 0 Å². The molecule has 0 fully saturated rings. The minimum atomic E-state index is -0.216. The molecule has 7 aromatic rings. The molecule has 2 aromatic heterocycles. The largest absolute Gasteiger partial charge is 0.404 e. The Morgan fingerprint density at radius 1 is 0.778 bits per heavy atom. The van der Waals surface area contributed by atoms with E-state index in [1.807, 2.05) is 0 Å². The number of aliphatic imine (C=N–C) groups is 1. The molecule has 1 aliphatic heterocycles. The van der Waals surface area contributed by atoms with E-state index in [0.717, 1.165) is 53.1 Å². The average Bonchev–Trinajstić information content (AvgIpc) is 3.74. The van der Waals surface area contributed by atoms with Crippen molar-refractivity contribution in [1.82, 2.24) is 19.8 Å². The maximum Gasteiger partial charge on any atom is 0.133 e. The van der Waals surface area contributed by atoms with Gasteiger partial charge in [0.1, 0.15) is 12.0 Å². The van der Waals surface area contributed by atoms with Crippen molar-refractivity contribution < 1.29 is 0 Å². The number of nitrogens with zero attached hydrogens (tertiary/aromatic N) is 3. The highest BCUT2D eigenvalue weighted by Crippen LogP contribution is 2.39. The Labute approximate surface area is 315 Å². The monoisotopic (exact) mass is 702 g/mol. The van der Waals surface area contributed by atoms with Gasteiger partial charge in [0.2, 0.25) is 0 Å². The van der Waals surface area contributed by atoms with Crippen molar-refractivity contribution in [1.29, 1.82) is 0 Å². The third-order valence-electron chi connectivity index (χ3n) is 11.3. The summed E-state index contributed by atoms with van der Waals surface area (Å²) in [6, 6.07) is 39.6. The Kier molecular flexibility index (Phi) is 7.92. The quantitative estimate of drug-likeness (QED) is 0.151. The maximum atomic E-state index is 6.54. The lowest BCUT2D eigenvalue weighted by molar-refractivity contribution is 0.328. The van der Waals surface area contributed by atoms with Crippen molar-refractivity contribution >= 4 is 61.2 Å². The van der Waals surface area contributed by atoms with Crippen LogP contribution < -0.4 is 16.4 Å². The van der Waals surface area contributed by atoms with Crippen LogP contribution in [-0.4, -0.2) is 21.1 Å². The fourth-order valence-corrected chi connectivity index (χ4v) is 8.74. The van der Waals surface area contributed by atoms with Crippen molar-refractivity contribution in [2.24, 2.45) is 16.6 Å². The van der Waals surface area contributed by atoms with Crippen LogP contribution in [0.15, 0.2) is 162 Å². The van der Waals surface area contributed by atoms with Gasteiger partial charge in [-0.2, -0.15) is 0 Å². The number of nitrogens with two attached hydrogens (primary N) is 1. The summed E-state index contributed by atoms with van der Waals surface area (Å²) in [4.78, 5) is 5.32. The zero-order chi connectivity index (χ0) is 36.2. The minimum absolute atomic E-state index is 0.0234. The van der Waals surface area contributed by atoms with Crippen LogP contribution in [0.1, 0.15) is 42.6 Å². The Hall–Kier alpha value is -6.37. The van der Waals surface area contributed by atoms with Gasteiger partial charge < -0.3 is 20.2 Å². The van der Waals surface area contributed by atoms with Crippen LogP contribution in [0, 0.1) is 5.92 Å². The van der Waals surface area contributed by atoms with Crippen molar-refractivity contribution in [3.63, 3.8) is 0 Å². The summed E-state index contributed by atoms with van der Waals surface area (Å²) in [6.07, 6.45) is 20.0. The third kappa shape index (κ3) is 5.41. The normalized spacial score (nSPS) is 20.2. The fraction of sp³-hybridized carbons (Fsp3) is 0.146. The number of aryl methyl sites for hydroxylation is 1. The average molecular weight is 703 g/mol. The Balaban J connectivity index is 1.12. The molecule has 3 unspecified atom stereocenters. The molecule has 54 heavy (non-hydrogen) atoms. The van der Waals surface area contributed by atoms with E-state index in [1.54, 1.807) is 6.20 Å². The van der Waals surface area contributed by atoms with Crippen LogP contribution in [0.2, 0.25) is 0 Å².